The van der Waals surface area contributed by atoms with Crippen molar-refractivity contribution in [2.75, 3.05) is 44.2 Å². The van der Waals surface area contributed by atoms with Gasteiger partial charge in [-0.05, 0) is 43.5 Å². The summed E-state index contributed by atoms with van der Waals surface area (Å²) >= 11 is 0. The molecule has 0 N–H and O–H groups in total. The van der Waals surface area contributed by atoms with Crippen molar-refractivity contribution in [1.29, 1.82) is 5.26 Å². The maximum Gasteiger partial charge on any atom is 0.240 e. The number of allylic oxidation sites excluding steroid dienone is 4. The summed E-state index contributed by atoms with van der Waals surface area (Å²) < 4.78 is 0. The minimum absolute atomic E-state index is 0.00511. The molecule has 4 rings (SSSR count). The second kappa shape index (κ2) is 9.11. The van der Waals surface area contributed by atoms with Gasteiger partial charge in [0.1, 0.15) is 6.07 Å². The van der Waals surface area contributed by atoms with Gasteiger partial charge < -0.3 is 9.80 Å². The van der Waals surface area contributed by atoms with Crippen LogP contribution in [0, 0.1) is 11.3 Å². The van der Waals surface area contributed by atoms with Crippen molar-refractivity contribution in [3.8, 4) is 6.07 Å². The summed E-state index contributed by atoms with van der Waals surface area (Å²) in [5.41, 5.74) is 2.95. The van der Waals surface area contributed by atoms with Gasteiger partial charge in [0.05, 0.1) is 17.3 Å². The summed E-state index contributed by atoms with van der Waals surface area (Å²) in [5, 5.41) is 9.35. The van der Waals surface area contributed by atoms with E-state index >= 15 is 0 Å². The number of hydrogen-bond donors (Lipinski definition) is 0. The van der Waals surface area contributed by atoms with Gasteiger partial charge in [-0.25, -0.2) is 0 Å². The molecule has 0 aromatic heterocycles. The fourth-order valence-electron chi connectivity index (χ4n) is 4.48. The van der Waals surface area contributed by atoms with Crippen LogP contribution in [0.15, 0.2) is 60.2 Å². The standard InChI is InChI=1S/C24H28N4O/c25-18-21-10-5-6-11-22(21)26-14-16-27(17-15-26)24(29)23-12-7-13-28(23)19-20-8-3-1-2-4-9-20/h1,3-6,8-11,23H,2,7,12-17,19H2. The molecular formula is C24H28N4O. The van der Waals surface area contributed by atoms with E-state index in [1.807, 2.05) is 29.2 Å². The Morgan fingerprint density at radius 2 is 1.93 bits per heavy atom. The predicted molar refractivity (Wildman–Crippen MR) is 116 cm³/mol. The minimum atomic E-state index is -0.00511. The Labute approximate surface area is 173 Å². The van der Waals surface area contributed by atoms with E-state index in [0.717, 1.165) is 51.1 Å². The highest BCUT2D eigenvalue weighted by Gasteiger charge is 2.35. The van der Waals surface area contributed by atoms with Crippen LogP contribution in [0.1, 0.15) is 24.8 Å². The smallest absolute Gasteiger partial charge is 0.240 e. The molecule has 1 atom stereocenters. The number of likely N-dealkylation sites (tertiary alicyclic amines) is 1. The number of carbonyl (C=O) groups is 1. The number of carbonyl (C=O) groups excluding carboxylic acids is 1. The highest BCUT2D eigenvalue weighted by molar-refractivity contribution is 5.82. The van der Waals surface area contributed by atoms with E-state index in [0.29, 0.717) is 18.7 Å². The molecule has 1 aromatic rings. The first-order valence-electron chi connectivity index (χ1n) is 10.6. The third kappa shape index (κ3) is 4.44. The molecule has 3 aliphatic rings. The Bertz CT molecular complexity index is 871. The second-order valence-corrected chi connectivity index (χ2v) is 7.88. The van der Waals surface area contributed by atoms with Gasteiger partial charge in [-0.2, -0.15) is 5.26 Å². The number of piperazine rings is 1. The molecule has 2 aliphatic heterocycles. The van der Waals surface area contributed by atoms with E-state index in [1.165, 1.54) is 5.57 Å². The second-order valence-electron chi connectivity index (χ2n) is 7.88. The SMILES string of the molecule is N#Cc1ccccc1N1CCN(C(=O)C2CCCN2CC2=CC=CCC=C2)CC1. The number of nitrogens with zero attached hydrogens (tertiary/aromatic N) is 4. The van der Waals surface area contributed by atoms with E-state index < -0.39 is 0 Å². The highest BCUT2D eigenvalue weighted by Crippen LogP contribution is 2.24. The monoisotopic (exact) mass is 388 g/mol. The maximum atomic E-state index is 13.2. The van der Waals surface area contributed by atoms with Crippen LogP contribution >= 0.6 is 0 Å². The van der Waals surface area contributed by atoms with Crippen molar-refractivity contribution in [3.05, 3.63) is 65.8 Å². The lowest BCUT2D eigenvalue weighted by Crippen LogP contribution is -2.54. The van der Waals surface area contributed by atoms with Gasteiger partial charge in [0.15, 0.2) is 0 Å². The van der Waals surface area contributed by atoms with E-state index in [-0.39, 0.29) is 11.9 Å². The van der Waals surface area contributed by atoms with Crippen LogP contribution in [0.2, 0.25) is 0 Å². The third-order valence-electron chi connectivity index (χ3n) is 6.04. The number of nitriles is 1. The molecule has 150 valence electrons. The van der Waals surface area contributed by atoms with Crippen molar-refractivity contribution in [1.82, 2.24) is 9.80 Å². The molecule has 0 bridgehead atoms. The number of anilines is 1. The molecule has 5 nitrogen and oxygen atoms in total. The summed E-state index contributed by atoms with van der Waals surface area (Å²) in [6.45, 7) is 4.81. The lowest BCUT2D eigenvalue weighted by Gasteiger charge is -2.38. The summed E-state index contributed by atoms with van der Waals surface area (Å²) in [6.07, 6.45) is 13.8. The largest absolute Gasteiger partial charge is 0.367 e. The molecule has 1 unspecified atom stereocenters. The molecular weight excluding hydrogens is 360 g/mol. The van der Waals surface area contributed by atoms with E-state index in [4.69, 9.17) is 0 Å². The van der Waals surface area contributed by atoms with Gasteiger partial charge in [-0.15, -0.1) is 0 Å². The Morgan fingerprint density at radius 3 is 2.76 bits per heavy atom. The van der Waals surface area contributed by atoms with Crippen LogP contribution in [0.25, 0.3) is 0 Å². The normalized spacial score (nSPS) is 22.3. The summed E-state index contributed by atoms with van der Waals surface area (Å²) in [6, 6.07) is 9.99. The first kappa shape index (κ1) is 19.5. The number of amides is 1. The van der Waals surface area contributed by atoms with Gasteiger partial charge in [0, 0.05) is 32.7 Å². The molecule has 1 aliphatic carbocycles. The van der Waals surface area contributed by atoms with Crippen molar-refractivity contribution in [2.24, 2.45) is 0 Å². The molecule has 2 fully saturated rings. The summed E-state index contributed by atoms with van der Waals surface area (Å²) in [5.74, 6) is 0.268. The minimum Gasteiger partial charge on any atom is -0.367 e. The van der Waals surface area contributed by atoms with Crippen LogP contribution in [0.4, 0.5) is 5.69 Å². The maximum absolute atomic E-state index is 13.2. The topological polar surface area (TPSA) is 50.6 Å². The van der Waals surface area contributed by atoms with Gasteiger partial charge in [0.25, 0.3) is 0 Å². The van der Waals surface area contributed by atoms with Gasteiger partial charge in [-0.1, -0.05) is 42.5 Å². The lowest BCUT2D eigenvalue weighted by atomic mass is 10.1. The van der Waals surface area contributed by atoms with Crippen molar-refractivity contribution < 1.29 is 4.79 Å². The summed E-state index contributed by atoms with van der Waals surface area (Å²) in [7, 11) is 0. The average molecular weight is 389 g/mol. The van der Waals surface area contributed by atoms with Gasteiger partial charge >= 0.3 is 0 Å². The zero-order valence-electron chi connectivity index (χ0n) is 16.8. The Hall–Kier alpha value is -2.84. The van der Waals surface area contributed by atoms with Gasteiger partial charge in [0.2, 0.25) is 5.91 Å². The first-order chi connectivity index (χ1) is 14.3. The number of para-hydroxylation sites is 1. The number of benzene rings is 1. The molecule has 1 amide bonds. The van der Waals surface area contributed by atoms with Crippen molar-refractivity contribution in [2.45, 2.75) is 25.3 Å². The molecule has 2 saturated heterocycles. The fourth-order valence-corrected chi connectivity index (χ4v) is 4.48. The Balaban J connectivity index is 1.37. The van der Waals surface area contributed by atoms with Crippen molar-refractivity contribution >= 4 is 11.6 Å². The zero-order valence-corrected chi connectivity index (χ0v) is 16.8. The van der Waals surface area contributed by atoms with Crippen LogP contribution in [0.3, 0.4) is 0 Å². The van der Waals surface area contributed by atoms with E-state index in [2.05, 4.69) is 46.2 Å². The van der Waals surface area contributed by atoms with Crippen LogP contribution in [0.5, 0.6) is 0 Å². The lowest BCUT2D eigenvalue weighted by molar-refractivity contribution is -0.136. The quantitative estimate of drug-likeness (QED) is 0.795. The molecule has 0 radical (unpaired) electrons. The fraction of sp³-hybridized carbons (Fsp3) is 0.417. The Morgan fingerprint density at radius 1 is 1.10 bits per heavy atom. The molecule has 1 aromatic carbocycles. The molecule has 0 saturated carbocycles. The van der Waals surface area contributed by atoms with Crippen LogP contribution in [-0.4, -0.2) is 61.0 Å². The van der Waals surface area contributed by atoms with Crippen molar-refractivity contribution in [3.63, 3.8) is 0 Å². The average Bonchev–Trinajstić information content (AvgIpc) is 3.07. The number of hydrogen-bond acceptors (Lipinski definition) is 4. The van der Waals surface area contributed by atoms with Crippen LogP contribution < -0.4 is 4.90 Å². The van der Waals surface area contributed by atoms with Crippen LogP contribution in [-0.2, 0) is 4.79 Å². The highest BCUT2D eigenvalue weighted by atomic mass is 16.2. The van der Waals surface area contributed by atoms with E-state index in [1.54, 1.807) is 0 Å². The van der Waals surface area contributed by atoms with Gasteiger partial charge in [-0.3, -0.25) is 9.69 Å². The summed E-state index contributed by atoms with van der Waals surface area (Å²) in [4.78, 5) is 19.8. The molecule has 5 heteroatoms. The molecule has 2 heterocycles. The molecule has 0 spiro atoms. The third-order valence-corrected chi connectivity index (χ3v) is 6.04. The molecule has 29 heavy (non-hydrogen) atoms. The Kier molecular flexibility index (Phi) is 6.12. The number of rotatable bonds is 4. The first-order valence-corrected chi connectivity index (χ1v) is 10.6. The predicted octanol–water partition coefficient (Wildman–Crippen LogP) is 3.11. The van der Waals surface area contributed by atoms with E-state index in [9.17, 15) is 10.1 Å². The zero-order chi connectivity index (χ0) is 20.1.